The standard InChI is InChI=1S/C19H21ClFN5O4/c1-10-5-16-13(17-18(28)24(2)30-12(9-27)7-26(17)23-16)8-25(10)19(29)22-11-3-4-15(21)14(20)6-11/h3-4,6,10,12,27H,5,7-9H2,1-2H3,(H,22,29)/t10-,12+/m0/s1. The number of nitrogens with zero attached hydrogens (tertiary/aromatic N) is 4. The molecular weight excluding hydrogens is 417 g/mol. The SMILES string of the molecule is C[C@H]1Cc2nn3c(c2CN1C(=O)Nc1ccc(F)c(Cl)c1)C(=O)N(C)O[C@@H](CO)C3. The third-order valence-electron chi connectivity index (χ3n) is 5.29. The van der Waals surface area contributed by atoms with Crippen molar-refractivity contribution in [3.05, 3.63) is 46.0 Å². The van der Waals surface area contributed by atoms with Gasteiger partial charge in [-0.3, -0.25) is 14.3 Å². The number of nitrogens with one attached hydrogen (secondary N) is 1. The first-order valence-electron chi connectivity index (χ1n) is 9.45. The summed E-state index contributed by atoms with van der Waals surface area (Å²) in [6, 6.07) is 3.38. The molecule has 9 nitrogen and oxygen atoms in total. The Morgan fingerprint density at radius 2 is 2.23 bits per heavy atom. The monoisotopic (exact) mass is 437 g/mol. The van der Waals surface area contributed by atoms with E-state index in [9.17, 15) is 19.1 Å². The van der Waals surface area contributed by atoms with Crippen molar-refractivity contribution in [3.8, 4) is 0 Å². The molecule has 160 valence electrons. The van der Waals surface area contributed by atoms with Crippen molar-refractivity contribution in [2.45, 2.75) is 38.6 Å². The molecule has 0 unspecified atom stereocenters. The van der Waals surface area contributed by atoms with Crippen LogP contribution in [0.15, 0.2) is 18.2 Å². The first-order chi connectivity index (χ1) is 14.3. The van der Waals surface area contributed by atoms with E-state index in [0.29, 0.717) is 23.4 Å². The Kier molecular flexibility index (Phi) is 5.39. The van der Waals surface area contributed by atoms with E-state index in [1.165, 1.54) is 25.2 Å². The Morgan fingerprint density at radius 1 is 1.47 bits per heavy atom. The molecule has 2 N–H and O–H groups in total. The highest BCUT2D eigenvalue weighted by Crippen LogP contribution is 2.29. The minimum absolute atomic E-state index is 0.0872. The summed E-state index contributed by atoms with van der Waals surface area (Å²) in [4.78, 5) is 32.7. The van der Waals surface area contributed by atoms with Crippen LogP contribution in [0.5, 0.6) is 0 Å². The number of rotatable bonds is 2. The number of halogens is 2. The predicted molar refractivity (Wildman–Crippen MR) is 105 cm³/mol. The number of hydrogen-bond donors (Lipinski definition) is 2. The van der Waals surface area contributed by atoms with Gasteiger partial charge in [-0.05, 0) is 25.1 Å². The van der Waals surface area contributed by atoms with E-state index in [2.05, 4.69) is 10.4 Å². The van der Waals surface area contributed by atoms with Gasteiger partial charge in [0.15, 0.2) is 0 Å². The maximum Gasteiger partial charge on any atom is 0.322 e. The van der Waals surface area contributed by atoms with Gasteiger partial charge in [-0.25, -0.2) is 14.2 Å². The second kappa shape index (κ2) is 7.86. The van der Waals surface area contributed by atoms with Crippen LogP contribution in [0.25, 0.3) is 0 Å². The Hall–Kier alpha value is -2.69. The van der Waals surface area contributed by atoms with Crippen molar-refractivity contribution in [2.24, 2.45) is 0 Å². The quantitative estimate of drug-likeness (QED) is 0.748. The number of aliphatic hydroxyl groups excluding tert-OH is 1. The molecule has 0 saturated heterocycles. The summed E-state index contributed by atoms with van der Waals surface area (Å²) in [5.74, 6) is -0.959. The molecule has 30 heavy (non-hydrogen) atoms. The molecule has 2 aliphatic heterocycles. The number of benzene rings is 1. The van der Waals surface area contributed by atoms with Crippen LogP contribution in [0, 0.1) is 5.82 Å². The Balaban J connectivity index is 1.61. The second-order valence-electron chi connectivity index (χ2n) is 7.41. The van der Waals surface area contributed by atoms with E-state index in [1.807, 2.05) is 6.92 Å². The number of carbonyl (C=O) groups is 2. The fourth-order valence-electron chi connectivity index (χ4n) is 3.75. The average Bonchev–Trinajstić information content (AvgIpc) is 2.99. The molecule has 11 heteroatoms. The summed E-state index contributed by atoms with van der Waals surface area (Å²) in [7, 11) is 1.48. The summed E-state index contributed by atoms with van der Waals surface area (Å²) >= 11 is 5.79. The number of aromatic nitrogens is 2. The molecule has 2 aliphatic rings. The highest BCUT2D eigenvalue weighted by atomic mass is 35.5. The Morgan fingerprint density at radius 3 is 2.93 bits per heavy atom. The van der Waals surface area contributed by atoms with Crippen molar-refractivity contribution in [3.63, 3.8) is 0 Å². The predicted octanol–water partition coefficient (Wildman–Crippen LogP) is 2.03. The minimum Gasteiger partial charge on any atom is -0.393 e. The van der Waals surface area contributed by atoms with Crippen LogP contribution in [0.4, 0.5) is 14.9 Å². The van der Waals surface area contributed by atoms with Crippen LogP contribution in [0.3, 0.4) is 0 Å². The molecule has 0 radical (unpaired) electrons. The zero-order valence-electron chi connectivity index (χ0n) is 16.4. The van der Waals surface area contributed by atoms with Crippen LogP contribution < -0.4 is 5.32 Å². The normalized spacial score (nSPS) is 21.2. The number of amides is 3. The van der Waals surface area contributed by atoms with Crippen molar-refractivity contribution in [2.75, 3.05) is 19.0 Å². The van der Waals surface area contributed by atoms with Gasteiger partial charge in [0.2, 0.25) is 0 Å². The van der Waals surface area contributed by atoms with Gasteiger partial charge in [0.1, 0.15) is 17.6 Å². The Bertz CT molecular complexity index is 1010. The van der Waals surface area contributed by atoms with Gasteiger partial charge in [-0.1, -0.05) is 11.6 Å². The van der Waals surface area contributed by atoms with E-state index in [1.54, 1.807) is 9.58 Å². The van der Waals surface area contributed by atoms with Crippen molar-refractivity contribution in [1.82, 2.24) is 19.7 Å². The van der Waals surface area contributed by atoms with E-state index in [-0.39, 0.29) is 36.7 Å². The molecule has 0 saturated carbocycles. The number of anilines is 1. The van der Waals surface area contributed by atoms with E-state index >= 15 is 0 Å². The van der Waals surface area contributed by atoms with Gasteiger partial charge < -0.3 is 15.3 Å². The van der Waals surface area contributed by atoms with E-state index in [4.69, 9.17) is 16.4 Å². The molecule has 1 aromatic heterocycles. The zero-order valence-corrected chi connectivity index (χ0v) is 17.2. The Labute approximate surface area is 176 Å². The second-order valence-corrected chi connectivity index (χ2v) is 7.82. The molecule has 3 amide bonds. The van der Waals surface area contributed by atoms with Crippen molar-refractivity contribution in [1.29, 1.82) is 0 Å². The molecule has 0 bridgehead atoms. The van der Waals surface area contributed by atoms with Gasteiger partial charge in [0, 0.05) is 30.8 Å². The fourth-order valence-corrected chi connectivity index (χ4v) is 3.93. The minimum atomic E-state index is -0.596. The lowest BCUT2D eigenvalue weighted by atomic mass is 9.99. The lowest BCUT2D eigenvalue weighted by Gasteiger charge is -2.33. The molecule has 3 heterocycles. The van der Waals surface area contributed by atoms with Gasteiger partial charge in [0.25, 0.3) is 5.91 Å². The van der Waals surface area contributed by atoms with Gasteiger partial charge in [-0.2, -0.15) is 5.10 Å². The molecule has 0 fully saturated rings. The number of hydroxylamine groups is 2. The van der Waals surface area contributed by atoms with E-state index < -0.39 is 18.0 Å². The van der Waals surface area contributed by atoms with Gasteiger partial charge >= 0.3 is 6.03 Å². The third kappa shape index (κ3) is 3.62. The molecule has 4 rings (SSSR count). The smallest absolute Gasteiger partial charge is 0.322 e. The average molecular weight is 438 g/mol. The van der Waals surface area contributed by atoms with Crippen LogP contribution in [-0.4, -0.2) is 62.6 Å². The van der Waals surface area contributed by atoms with E-state index in [0.717, 1.165) is 10.8 Å². The molecular formula is C19H21ClFN5O4. The highest BCUT2D eigenvalue weighted by Gasteiger charge is 2.37. The number of urea groups is 1. The zero-order chi connectivity index (χ0) is 21.6. The summed E-state index contributed by atoms with van der Waals surface area (Å²) < 4.78 is 14.9. The maximum atomic E-state index is 13.4. The first kappa shape index (κ1) is 20.6. The van der Waals surface area contributed by atoms with Crippen molar-refractivity contribution >= 4 is 29.2 Å². The van der Waals surface area contributed by atoms with Crippen LogP contribution in [-0.2, 0) is 24.3 Å². The maximum absolute atomic E-state index is 13.4. The van der Waals surface area contributed by atoms with Crippen molar-refractivity contribution < 1.29 is 23.9 Å². The highest BCUT2D eigenvalue weighted by molar-refractivity contribution is 6.31. The summed E-state index contributed by atoms with van der Waals surface area (Å²) in [6.45, 7) is 2.03. The fraction of sp³-hybridized carbons (Fsp3) is 0.421. The summed E-state index contributed by atoms with van der Waals surface area (Å²) in [6.07, 6.45) is -0.129. The van der Waals surface area contributed by atoms with Gasteiger partial charge in [0.05, 0.1) is 30.4 Å². The van der Waals surface area contributed by atoms with Crippen LogP contribution >= 0.6 is 11.6 Å². The first-order valence-corrected chi connectivity index (χ1v) is 9.83. The summed E-state index contributed by atoms with van der Waals surface area (Å²) in [5, 5.41) is 17.7. The number of hydrogen-bond acceptors (Lipinski definition) is 5. The summed E-state index contributed by atoms with van der Waals surface area (Å²) in [5.41, 5.74) is 2.11. The lowest BCUT2D eigenvalue weighted by Crippen LogP contribution is -2.45. The molecule has 0 aliphatic carbocycles. The number of fused-ring (bicyclic) bond motifs is 3. The van der Waals surface area contributed by atoms with Crippen LogP contribution in [0.2, 0.25) is 5.02 Å². The molecule has 2 atom stereocenters. The van der Waals surface area contributed by atoms with Crippen LogP contribution in [0.1, 0.15) is 28.7 Å². The topological polar surface area (TPSA) is 99.9 Å². The number of aliphatic hydroxyl groups is 1. The lowest BCUT2D eigenvalue weighted by molar-refractivity contribution is -0.159. The molecule has 1 aromatic carbocycles. The number of carbonyl (C=O) groups excluding carboxylic acids is 2. The third-order valence-corrected chi connectivity index (χ3v) is 5.58. The molecule has 0 spiro atoms. The largest absolute Gasteiger partial charge is 0.393 e. The van der Waals surface area contributed by atoms with Gasteiger partial charge in [-0.15, -0.1) is 0 Å². The molecule has 2 aromatic rings.